The smallest absolute Gasteiger partial charge is 0.475 e. The van der Waals surface area contributed by atoms with E-state index in [2.05, 4.69) is 57.2 Å². The summed E-state index contributed by atoms with van der Waals surface area (Å²) in [5, 5.41) is 10.2. The van der Waals surface area contributed by atoms with Crippen molar-refractivity contribution in [2.75, 3.05) is 13.1 Å². The van der Waals surface area contributed by atoms with Crippen LogP contribution >= 0.6 is 11.3 Å². The highest BCUT2D eigenvalue weighted by Gasteiger charge is 2.45. The van der Waals surface area contributed by atoms with Crippen LogP contribution in [0.1, 0.15) is 38.4 Å². The van der Waals surface area contributed by atoms with Crippen LogP contribution in [0.3, 0.4) is 0 Å². The molecule has 1 aromatic carbocycles. The first kappa shape index (κ1) is 24.9. The molecule has 0 radical (unpaired) electrons. The Kier molecular flexibility index (Phi) is 7.00. The molecular formula is C24H25F3N4O3S. The fourth-order valence-corrected chi connectivity index (χ4v) is 5.23. The number of aromatic nitrogens is 2. The normalized spacial score (nSPS) is 19.7. The monoisotopic (exact) mass is 506 g/mol. The van der Waals surface area contributed by atoms with Gasteiger partial charge in [-0.3, -0.25) is 9.69 Å². The number of aliphatic carboxylic acids is 1. The Hall–Kier alpha value is -3.18. The van der Waals surface area contributed by atoms with Crippen molar-refractivity contribution in [3.63, 3.8) is 0 Å². The Morgan fingerprint density at radius 3 is 2.49 bits per heavy atom. The zero-order valence-electron chi connectivity index (χ0n) is 19.2. The second-order valence-electron chi connectivity index (χ2n) is 8.71. The third-order valence-corrected chi connectivity index (χ3v) is 6.90. The summed E-state index contributed by atoms with van der Waals surface area (Å²) in [6.07, 6.45) is -3.02. The molecule has 35 heavy (non-hydrogen) atoms. The van der Waals surface area contributed by atoms with E-state index < -0.39 is 12.1 Å². The minimum absolute atomic E-state index is 0.120. The molecule has 0 saturated carbocycles. The number of fused-ring (bicyclic) bond motifs is 3. The number of carboxylic acid groups (broad SMARTS) is 1. The Morgan fingerprint density at radius 2 is 1.86 bits per heavy atom. The molecule has 0 spiro atoms. The van der Waals surface area contributed by atoms with E-state index in [4.69, 9.17) is 9.90 Å². The average molecular weight is 507 g/mol. The zero-order valence-corrected chi connectivity index (χ0v) is 20.0. The van der Waals surface area contributed by atoms with E-state index in [0.717, 1.165) is 36.0 Å². The Bertz CT molecular complexity index is 1220. The van der Waals surface area contributed by atoms with Gasteiger partial charge in [0.2, 0.25) is 0 Å². The van der Waals surface area contributed by atoms with Gasteiger partial charge in [0.15, 0.2) is 0 Å². The molecule has 2 aromatic heterocycles. The number of likely N-dealkylation sites (tertiary alicyclic amines) is 1. The maximum Gasteiger partial charge on any atom is 0.490 e. The Morgan fingerprint density at radius 1 is 1.14 bits per heavy atom. The molecule has 0 aliphatic carbocycles. The second-order valence-corrected chi connectivity index (χ2v) is 9.77. The van der Waals surface area contributed by atoms with E-state index in [-0.39, 0.29) is 11.9 Å². The third-order valence-electron chi connectivity index (χ3n) is 6.08. The first-order valence-electron chi connectivity index (χ1n) is 11.0. The van der Waals surface area contributed by atoms with Crippen LogP contribution in [0.2, 0.25) is 0 Å². The van der Waals surface area contributed by atoms with Gasteiger partial charge in [-0.1, -0.05) is 29.8 Å². The summed E-state index contributed by atoms with van der Waals surface area (Å²) in [4.78, 5) is 31.2. The fourth-order valence-electron chi connectivity index (χ4n) is 4.63. The van der Waals surface area contributed by atoms with Crippen molar-refractivity contribution < 1.29 is 27.9 Å². The first-order chi connectivity index (χ1) is 16.5. The first-order valence-corrected chi connectivity index (χ1v) is 11.9. The predicted molar refractivity (Wildman–Crippen MR) is 124 cm³/mol. The number of nitrogens with zero attached hydrogens (tertiary/aromatic N) is 4. The molecule has 4 heterocycles. The van der Waals surface area contributed by atoms with Crippen LogP contribution in [0.5, 0.6) is 0 Å². The summed E-state index contributed by atoms with van der Waals surface area (Å²) in [5.74, 6) is -2.64. The summed E-state index contributed by atoms with van der Waals surface area (Å²) in [7, 11) is 0. The maximum absolute atomic E-state index is 13.2. The lowest BCUT2D eigenvalue weighted by Crippen LogP contribution is -2.49. The van der Waals surface area contributed by atoms with Gasteiger partial charge in [-0.25, -0.2) is 9.78 Å². The van der Waals surface area contributed by atoms with Crippen LogP contribution in [0, 0.1) is 13.8 Å². The molecule has 2 unspecified atom stereocenters. The highest BCUT2D eigenvalue weighted by Crippen LogP contribution is 2.35. The van der Waals surface area contributed by atoms with E-state index in [0.29, 0.717) is 12.6 Å². The topological polar surface area (TPSA) is 78.7 Å². The molecule has 7 nitrogen and oxygen atoms in total. The number of amides is 1. The molecular weight excluding hydrogens is 481 g/mol. The molecule has 5 rings (SSSR count). The van der Waals surface area contributed by atoms with Crippen molar-refractivity contribution >= 4 is 23.2 Å². The molecule has 1 fully saturated rings. The van der Waals surface area contributed by atoms with E-state index in [1.54, 1.807) is 11.3 Å². The number of hydrogen-bond donors (Lipinski definition) is 1. The maximum atomic E-state index is 13.2. The minimum atomic E-state index is -5.08. The van der Waals surface area contributed by atoms with Gasteiger partial charge in [-0.2, -0.15) is 13.2 Å². The van der Waals surface area contributed by atoms with Crippen molar-refractivity contribution in [1.82, 2.24) is 19.4 Å². The minimum Gasteiger partial charge on any atom is -0.475 e. The average Bonchev–Trinajstić information content (AvgIpc) is 3.50. The van der Waals surface area contributed by atoms with E-state index in [1.807, 2.05) is 24.0 Å². The van der Waals surface area contributed by atoms with Crippen molar-refractivity contribution in [2.45, 2.75) is 45.2 Å². The zero-order chi connectivity index (χ0) is 25.3. The quantitative estimate of drug-likeness (QED) is 0.572. The van der Waals surface area contributed by atoms with Gasteiger partial charge in [0, 0.05) is 31.2 Å². The molecule has 3 aromatic rings. The van der Waals surface area contributed by atoms with E-state index >= 15 is 0 Å². The molecule has 1 amide bonds. The predicted octanol–water partition coefficient (Wildman–Crippen LogP) is 4.28. The van der Waals surface area contributed by atoms with E-state index in [9.17, 15) is 18.0 Å². The third kappa shape index (κ3) is 5.57. The Labute approximate surface area is 204 Å². The highest BCUT2D eigenvalue weighted by molar-refractivity contribution is 7.09. The van der Waals surface area contributed by atoms with Crippen LogP contribution in [0.4, 0.5) is 13.2 Å². The lowest BCUT2D eigenvalue weighted by atomic mass is 10.1. The molecule has 1 saturated heterocycles. The number of carbonyl (C=O) groups excluding carboxylic acids is 1. The number of aryl methyl sites for hydroxylation is 2. The van der Waals surface area contributed by atoms with Gasteiger partial charge in [0.25, 0.3) is 5.91 Å². The van der Waals surface area contributed by atoms with Crippen LogP contribution in [0.15, 0.2) is 48.0 Å². The van der Waals surface area contributed by atoms with Crippen molar-refractivity contribution in [3.05, 3.63) is 75.5 Å². The largest absolute Gasteiger partial charge is 0.490 e. The van der Waals surface area contributed by atoms with Crippen LogP contribution < -0.4 is 0 Å². The number of rotatable bonds is 4. The van der Waals surface area contributed by atoms with Gasteiger partial charge < -0.3 is 14.6 Å². The van der Waals surface area contributed by atoms with Crippen LogP contribution in [-0.4, -0.2) is 61.6 Å². The summed E-state index contributed by atoms with van der Waals surface area (Å²) in [6, 6.07) is 13.1. The molecule has 2 aliphatic rings. The van der Waals surface area contributed by atoms with Crippen molar-refractivity contribution in [1.29, 1.82) is 0 Å². The Balaban J connectivity index is 0.000000364. The molecule has 11 heteroatoms. The van der Waals surface area contributed by atoms with Crippen molar-refractivity contribution in [2.24, 2.45) is 0 Å². The molecule has 186 valence electrons. The second kappa shape index (κ2) is 9.82. The van der Waals surface area contributed by atoms with Crippen LogP contribution in [-0.2, 0) is 17.9 Å². The van der Waals surface area contributed by atoms with Crippen molar-refractivity contribution in [3.8, 4) is 0 Å². The number of hydrogen-bond acceptors (Lipinski definition) is 5. The lowest BCUT2D eigenvalue weighted by molar-refractivity contribution is -0.192. The summed E-state index contributed by atoms with van der Waals surface area (Å²) < 4.78 is 33.9. The SMILES string of the molecule is Cc1cccc(CN2CC3C(C2)n2cccc2C(=O)N3Cc2csc(C)n2)c1.O=C(O)C(F)(F)F. The number of carbonyl (C=O) groups is 2. The fraction of sp³-hybridized carbons (Fsp3) is 0.375. The number of alkyl halides is 3. The van der Waals surface area contributed by atoms with Gasteiger partial charge in [0.1, 0.15) is 5.69 Å². The molecule has 0 bridgehead atoms. The summed E-state index contributed by atoms with van der Waals surface area (Å²) in [5.41, 5.74) is 4.41. The standard InChI is InChI=1S/C22H24N4OS.C2HF3O2/c1-15-5-3-6-17(9-15)10-24-12-20-21(13-24)26(11-18-14-28-16(2)23-18)22(27)19-7-4-8-25(19)20;3-2(4,5)1(6)7/h3-9,14,20-21H,10-13H2,1-2H3;(H,6,7). The van der Waals surface area contributed by atoms with Gasteiger partial charge in [-0.05, 0) is 31.5 Å². The molecule has 2 atom stereocenters. The number of benzene rings is 1. The van der Waals surface area contributed by atoms with Gasteiger partial charge >= 0.3 is 12.1 Å². The van der Waals surface area contributed by atoms with Crippen LogP contribution in [0.25, 0.3) is 0 Å². The van der Waals surface area contributed by atoms with Gasteiger partial charge in [-0.15, -0.1) is 11.3 Å². The number of thiazole rings is 1. The molecule has 2 aliphatic heterocycles. The van der Waals surface area contributed by atoms with Gasteiger partial charge in [0.05, 0.1) is 29.3 Å². The summed E-state index contributed by atoms with van der Waals surface area (Å²) >= 11 is 1.65. The lowest BCUT2D eigenvalue weighted by Gasteiger charge is -2.38. The molecule has 1 N–H and O–H groups in total. The van der Waals surface area contributed by atoms with E-state index in [1.165, 1.54) is 11.1 Å². The number of carboxylic acids is 1. The highest BCUT2D eigenvalue weighted by atomic mass is 32.1. The summed E-state index contributed by atoms with van der Waals surface area (Å²) in [6.45, 7) is 7.51. The number of halogens is 3.